The Labute approximate surface area is 289 Å². The summed E-state index contributed by atoms with van der Waals surface area (Å²) in [4.78, 5) is 34.6. The van der Waals surface area contributed by atoms with E-state index in [1.807, 2.05) is 0 Å². The van der Waals surface area contributed by atoms with E-state index >= 15 is 0 Å². The number of esters is 2. The van der Waals surface area contributed by atoms with E-state index in [1.54, 1.807) is 0 Å². The summed E-state index contributed by atoms with van der Waals surface area (Å²) in [6.45, 7) is -0.461. The quantitative estimate of drug-likeness (QED) is 0.0332. The molecule has 0 fully saturated rings. The van der Waals surface area contributed by atoms with E-state index in [-0.39, 0.29) is 65.5 Å². The molecule has 0 rings (SSSR count). The average Bonchev–Trinajstić information content (AvgIpc) is 2.89. The van der Waals surface area contributed by atoms with E-state index in [4.69, 9.17) is 9.47 Å². The van der Waals surface area contributed by atoms with Crippen LogP contribution in [0.2, 0.25) is 0 Å². The van der Waals surface area contributed by atoms with Crippen LogP contribution in [0.1, 0.15) is 103 Å². The third-order valence-electron chi connectivity index (χ3n) is 6.36. The summed E-state index contributed by atoms with van der Waals surface area (Å²) in [6.07, 6.45) is 17.9. The van der Waals surface area contributed by atoms with Crippen LogP contribution in [0.4, 0.5) is 0 Å². The predicted molar refractivity (Wildman–Crippen MR) is 141 cm³/mol. The molecular weight excluding hydrogens is 578 g/mol. The molecule has 0 saturated heterocycles. The first kappa shape index (κ1) is 45.4. The Morgan fingerprint density at radius 3 is 1.66 bits per heavy atom. The number of rotatable bonds is 25. The summed E-state index contributed by atoms with van der Waals surface area (Å²) in [5.41, 5.74) is -1.58. The number of carboxylic acid groups (broad SMARTS) is 1. The molecule has 41 heavy (non-hydrogen) atoms. The van der Waals surface area contributed by atoms with Crippen molar-refractivity contribution in [3.63, 3.8) is 0 Å². The molecule has 0 bridgehead atoms. The molecule has 228 valence electrons. The van der Waals surface area contributed by atoms with E-state index in [1.165, 1.54) is 38.5 Å². The number of unbranched alkanes of at least 4 members (excludes halogenated alkanes) is 11. The van der Waals surface area contributed by atoms with Crippen molar-refractivity contribution in [1.82, 2.24) is 0 Å². The van der Waals surface area contributed by atoms with Gasteiger partial charge in [-0.3, -0.25) is 9.59 Å². The largest absolute Gasteiger partial charge is 1.00 e. The first-order chi connectivity index (χ1) is 18.5. The molecule has 0 aliphatic carbocycles. The van der Waals surface area contributed by atoms with Crippen LogP contribution in [-0.2, 0) is 34.0 Å². The first-order valence-corrected chi connectivity index (χ1v) is 15.3. The molecule has 0 spiro atoms. The van der Waals surface area contributed by atoms with Gasteiger partial charge in [-0.15, -0.1) is 0 Å². The molecule has 0 radical (unpaired) electrons. The molecule has 1 unspecified atom stereocenters. The predicted octanol–water partition coefficient (Wildman–Crippen LogP) is -3.86. The third kappa shape index (κ3) is 24.0. The maximum absolute atomic E-state index is 12.0. The number of allylic oxidation sites excluding steroid dienone is 2. The maximum atomic E-state index is 12.0. The number of carbonyl (C=O) groups excluding carboxylic acids is 3. The molecule has 2 N–H and O–H groups in total. The second-order valence-electron chi connectivity index (χ2n) is 9.98. The Morgan fingerprint density at radius 1 is 0.780 bits per heavy atom. The summed E-state index contributed by atoms with van der Waals surface area (Å²) in [5.74, 6) is -4.17. The van der Waals surface area contributed by atoms with Gasteiger partial charge in [0.25, 0.3) is 0 Å². The van der Waals surface area contributed by atoms with Gasteiger partial charge in [0.2, 0.25) is 0 Å². The van der Waals surface area contributed by atoms with Crippen molar-refractivity contribution in [3.8, 4) is 0 Å². The monoisotopic (exact) mass is 624 g/mol. The van der Waals surface area contributed by atoms with Crippen molar-refractivity contribution in [2.75, 3.05) is 26.4 Å². The second-order valence-corrected chi connectivity index (χ2v) is 11.5. The number of aliphatic hydroxyl groups excluding tert-OH is 2. The molecule has 0 aromatic heterocycles. The smallest absolute Gasteiger partial charge is 0.747 e. The number of hydrogen-bond donors (Lipinski definition) is 2. The van der Waals surface area contributed by atoms with Gasteiger partial charge in [0.15, 0.2) is 0 Å². The van der Waals surface area contributed by atoms with Gasteiger partial charge in [0, 0.05) is 6.42 Å². The summed E-state index contributed by atoms with van der Waals surface area (Å²) in [7, 11) is -5.36. The van der Waals surface area contributed by atoms with E-state index in [0.29, 0.717) is 6.42 Å². The molecule has 0 amide bonds. The number of carbonyl (C=O) groups is 3. The number of carboxylic acids is 1. The van der Waals surface area contributed by atoms with Crippen LogP contribution in [0.25, 0.3) is 0 Å². The maximum Gasteiger partial charge on any atom is 1.00 e. The van der Waals surface area contributed by atoms with Gasteiger partial charge < -0.3 is 34.1 Å². The van der Waals surface area contributed by atoms with Crippen molar-refractivity contribution in [2.45, 2.75) is 108 Å². The van der Waals surface area contributed by atoms with Crippen LogP contribution in [-0.4, -0.2) is 72.8 Å². The summed E-state index contributed by atoms with van der Waals surface area (Å²) in [6, 6.07) is 0. The fourth-order valence-electron chi connectivity index (χ4n) is 3.67. The van der Waals surface area contributed by atoms with Crippen molar-refractivity contribution in [3.05, 3.63) is 12.2 Å². The van der Waals surface area contributed by atoms with Crippen LogP contribution in [0, 0.1) is 5.41 Å². The Hall–Kier alpha value is -0.0200. The molecule has 0 aromatic carbocycles. The fourth-order valence-corrected chi connectivity index (χ4v) is 4.24. The van der Waals surface area contributed by atoms with Crippen molar-refractivity contribution >= 4 is 28.0 Å². The minimum absolute atomic E-state index is 0. The number of hydrogen-bond acceptors (Lipinski definition) is 11. The van der Waals surface area contributed by atoms with Crippen molar-refractivity contribution < 1.29 is 111 Å². The van der Waals surface area contributed by atoms with Crippen LogP contribution >= 0.6 is 0 Å². The van der Waals surface area contributed by atoms with E-state index in [0.717, 1.165) is 38.5 Å². The zero-order valence-corrected chi connectivity index (χ0v) is 30.0. The number of aliphatic carboxylic acids is 1. The zero-order valence-electron chi connectivity index (χ0n) is 25.1. The zero-order chi connectivity index (χ0) is 29.6. The molecule has 0 aliphatic rings. The standard InChI is InChI=1S/C27H48O11S.2Na/c1-2-3-4-5-6-7-8-9-10-11-12-13-14-15-16-17-24(30)37-21-27(19-28,20-29)22-38-25(31)18-23(26(32)33)39(34,35)36;;/h9-10,23,28-29H,2-8,11-22H2,1H3,(H,32,33)(H,34,35,36);;/q;2*+1/p-2/b10-9+;;. The van der Waals surface area contributed by atoms with Gasteiger partial charge in [0.1, 0.15) is 23.3 Å². The molecule has 0 saturated carbocycles. The van der Waals surface area contributed by atoms with Crippen LogP contribution in [0.5, 0.6) is 0 Å². The van der Waals surface area contributed by atoms with E-state index < -0.39 is 71.5 Å². The summed E-state index contributed by atoms with van der Waals surface area (Å²) < 4.78 is 42.6. The van der Waals surface area contributed by atoms with E-state index in [2.05, 4.69) is 19.1 Å². The number of aliphatic hydroxyl groups is 2. The number of ether oxygens (including phenoxy) is 2. The fraction of sp³-hybridized carbons (Fsp3) is 0.815. The average molecular weight is 625 g/mol. The molecule has 0 aliphatic heterocycles. The SMILES string of the molecule is CCCCCCCC/C=C/CCCCCCCC(=O)OCC(CO)(CO)COC(=O)CC(C(=O)[O-])S(=O)(=O)[O-].[Na+].[Na+]. The van der Waals surface area contributed by atoms with Gasteiger partial charge in [-0.1, -0.05) is 70.4 Å². The second kappa shape index (κ2) is 27.5. The molecule has 0 heterocycles. The van der Waals surface area contributed by atoms with E-state index in [9.17, 15) is 42.7 Å². The Morgan fingerprint density at radius 2 is 1.22 bits per heavy atom. The Kier molecular flexibility index (Phi) is 30.5. The Balaban J connectivity index is -0.00000722. The Bertz CT molecular complexity index is 831. The molecule has 0 aromatic rings. The first-order valence-electron chi connectivity index (χ1n) is 13.8. The van der Waals surface area contributed by atoms with Gasteiger partial charge in [-0.05, 0) is 32.1 Å². The summed E-state index contributed by atoms with van der Waals surface area (Å²) in [5, 5.41) is 27.4. The topological polar surface area (TPSA) is 190 Å². The van der Waals surface area contributed by atoms with Crippen LogP contribution in [0.15, 0.2) is 12.2 Å². The summed E-state index contributed by atoms with van der Waals surface area (Å²) >= 11 is 0. The molecular formula is C27H46Na2O11S. The van der Waals surface area contributed by atoms with Crippen molar-refractivity contribution in [2.24, 2.45) is 5.41 Å². The van der Waals surface area contributed by atoms with Gasteiger partial charge >= 0.3 is 71.1 Å². The van der Waals surface area contributed by atoms with Gasteiger partial charge in [0.05, 0.1) is 36.3 Å². The van der Waals surface area contributed by atoms with Gasteiger partial charge in [-0.2, -0.15) is 0 Å². The van der Waals surface area contributed by atoms with Crippen LogP contribution in [0.3, 0.4) is 0 Å². The molecule has 1 atom stereocenters. The molecule has 11 nitrogen and oxygen atoms in total. The van der Waals surface area contributed by atoms with Gasteiger partial charge in [-0.25, -0.2) is 8.42 Å². The minimum Gasteiger partial charge on any atom is -0.747 e. The third-order valence-corrected chi connectivity index (χ3v) is 7.41. The van der Waals surface area contributed by atoms with Crippen LogP contribution < -0.4 is 64.2 Å². The van der Waals surface area contributed by atoms with Crippen molar-refractivity contribution in [1.29, 1.82) is 0 Å². The normalized spacial score (nSPS) is 12.3. The minimum atomic E-state index is -5.36. The molecule has 14 heteroatoms.